The molecule has 4 heteroatoms. The number of nitrogen functional groups attached to an aromatic ring is 1. The Labute approximate surface area is 83.5 Å². The van der Waals surface area contributed by atoms with Gasteiger partial charge in [0.1, 0.15) is 0 Å². The second kappa shape index (κ2) is 4.09. The van der Waals surface area contributed by atoms with E-state index in [9.17, 15) is 4.79 Å². The van der Waals surface area contributed by atoms with Crippen LogP contribution in [0.5, 0.6) is 0 Å². The predicted octanol–water partition coefficient (Wildman–Crippen LogP) is 1.57. The van der Waals surface area contributed by atoms with Gasteiger partial charge >= 0.3 is 0 Å². The first kappa shape index (κ1) is 10.5. The van der Waals surface area contributed by atoms with Gasteiger partial charge in [-0.05, 0) is 18.6 Å². The van der Waals surface area contributed by atoms with Crippen molar-refractivity contribution in [1.29, 1.82) is 0 Å². The van der Waals surface area contributed by atoms with Gasteiger partial charge in [-0.2, -0.15) is 0 Å². The molecule has 0 aromatic carbocycles. The number of aromatic nitrogens is 1. The van der Waals surface area contributed by atoms with Gasteiger partial charge in [-0.25, -0.2) is 4.98 Å². The van der Waals surface area contributed by atoms with Crippen molar-refractivity contribution in [3.8, 4) is 0 Å². The molecule has 1 rings (SSSR count). The zero-order valence-electron chi connectivity index (χ0n) is 8.66. The van der Waals surface area contributed by atoms with Gasteiger partial charge in [-0.15, -0.1) is 0 Å². The number of rotatable bonds is 2. The predicted molar refractivity (Wildman–Crippen MR) is 56.9 cm³/mol. The lowest BCUT2D eigenvalue weighted by Crippen LogP contribution is -2.19. The first-order chi connectivity index (χ1) is 6.50. The lowest BCUT2D eigenvalue weighted by molar-refractivity contribution is -0.118. The quantitative estimate of drug-likeness (QED) is 0.749. The fraction of sp³-hybridized carbons (Fsp3) is 0.400. The van der Waals surface area contributed by atoms with E-state index in [1.54, 1.807) is 12.3 Å². The molecule has 0 bridgehead atoms. The van der Waals surface area contributed by atoms with Crippen molar-refractivity contribution in [3.63, 3.8) is 0 Å². The SMILES string of the molecule is Cc1cnc(NC(=O)C(C)C)c(N)c1. The molecule has 1 amide bonds. The van der Waals surface area contributed by atoms with Gasteiger partial charge in [0.25, 0.3) is 0 Å². The Hall–Kier alpha value is -1.58. The van der Waals surface area contributed by atoms with Gasteiger partial charge in [0.2, 0.25) is 5.91 Å². The summed E-state index contributed by atoms with van der Waals surface area (Å²) >= 11 is 0. The van der Waals surface area contributed by atoms with E-state index in [0.717, 1.165) is 5.56 Å². The molecule has 0 atom stereocenters. The number of aryl methyl sites for hydroxylation is 1. The third-order valence-corrected chi connectivity index (χ3v) is 1.82. The summed E-state index contributed by atoms with van der Waals surface area (Å²) in [6.07, 6.45) is 1.67. The van der Waals surface area contributed by atoms with E-state index < -0.39 is 0 Å². The summed E-state index contributed by atoms with van der Waals surface area (Å²) in [6.45, 7) is 5.54. The number of hydrogen-bond donors (Lipinski definition) is 2. The van der Waals surface area contributed by atoms with Gasteiger partial charge in [-0.1, -0.05) is 13.8 Å². The first-order valence-electron chi connectivity index (χ1n) is 4.53. The standard InChI is InChI=1S/C10H15N3O/c1-6(2)10(14)13-9-8(11)4-7(3)5-12-9/h4-6H,11H2,1-3H3,(H,12,13,14). The summed E-state index contributed by atoms with van der Waals surface area (Å²) in [4.78, 5) is 15.4. The molecule has 14 heavy (non-hydrogen) atoms. The number of nitrogens with zero attached hydrogens (tertiary/aromatic N) is 1. The van der Waals surface area contributed by atoms with Crippen LogP contribution < -0.4 is 11.1 Å². The summed E-state index contributed by atoms with van der Waals surface area (Å²) in [5.74, 6) is 0.292. The van der Waals surface area contributed by atoms with Gasteiger partial charge in [0.15, 0.2) is 5.82 Å². The molecule has 0 spiro atoms. The molecule has 0 unspecified atom stereocenters. The second-order valence-corrected chi connectivity index (χ2v) is 3.59. The minimum Gasteiger partial charge on any atom is -0.396 e. The lowest BCUT2D eigenvalue weighted by Gasteiger charge is -2.09. The highest BCUT2D eigenvalue weighted by Gasteiger charge is 2.09. The van der Waals surface area contributed by atoms with Crippen LogP contribution in [0, 0.1) is 12.8 Å². The van der Waals surface area contributed by atoms with Crippen LogP contribution in [0.3, 0.4) is 0 Å². The normalized spacial score (nSPS) is 10.3. The number of anilines is 2. The Kier molecular flexibility index (Phi) is 3.06. The molecule has 3 N–H and O–H groups in total. The van der Waals surface area contributed by atoms with E-state index >= 15 is 0 Å². The van der Waals surface area contributed by atoms with Gasteiger partial charge in [0.05, 0.1) is 5.69 Å². The first-order valence-corrected chi connectivity index (χ1v) is 4.53. The largest absolute Gasteiger partial charge is 0.396 e. The van der Waals surface area contributed by atoms with Crippen LogP contribution in [0.25, 0.3) is 0 Å². The minimum atomic E-state index is -0.0759. The van der Waals surface area contributed by atoms with E-state index in [0.29, 0.717) is 11.5 Å². The van der Waals surface area contributed by atoms with Crippen LogP contribution in [-0.4, -0.2) is 10.9 Å². The van der Waals surface area contributed by atoms with Crippen LogP contribution in [0.4, 0.5) is 11.5 Å². The van der Waals surface area contributed by atoms with E-state index in [-0.39, 0.29) is 11.8 Å². The number of carbonyl (C=O) groups is 1. The lowest BCUT2D eigenvalue weighted by atomic mass is 10.2. The van der Waals surface area contributed by atoms with Crippen LogP contribution in [0.2, 0.25) is 0 Å². The van der Waals surface area contributed by atoms with Crippen molar-refractivity contribution in [2.45, 2.75) is 20.8 Å². The van der Waals surface area contributed by atoms with Crippen LogP contribution in [0.1, 0.15) is 19.4 Å². The minimum absolute atomic E-state index is 0.0718. The van der Waals surface area contributed by atoms with Crippen LogP contribution in [0.15, 0.2) is 12.3 Å². The zero-order valence-corrected chi connectivity index (χ0v) is 8.66. The Bertz CT molecular complexity index is 347. The molecule has 1 heterocycles. The molecule has 0 fully saturated rings. The highest BCUT2D eigenvalue weighted by molar-refractivity contribution is 5.93. The van der Waals surface area contributed by atoms with Gasteiger partial charge in [-0.3, -0.25) is 4.79 Å². The van der Waals surface area contributed by atoms with Crippen molar-refractivity contribution in [2.75, 3.05) is 11.1 Å². The summed E-state index contributed by atoms with van der Waals surface area (Å²) in [7, 11) is 0. The Morgan fingerprint density at radius 2 is 2.21 bits per heavy atom. The highest BCUT2D eigenvalue weighted by Crippen LogP contribution is 2.16. The van der Waals surface area contributed by atoms with Crippen LogP contribution in [-0.2, 0) is 4.79 Å². The Morgan fingerprint density at radius 1 is 1.57 bits per heavy atom. The van der Waals surface area contributed by atoms with E-state index in [1.165, 1.54) is 0 Å². The van der Waals surface area contributed by atoms with E-state index in [2.05, 4.69) is 10.3 Å². The summed E-state index contributed by atoms with van der Waals surface area (Å²) in [5.41, 5.74) is 7.17. The van der Waals surface area contributed by atoms with Crippen LogP contribution >= 0.6 is 0 Å². The number of hydrogen-bond acceptors (Lipinski definition) is 3. The zero-order chi connectivity index (χ0) is 10.7. The van der Waals surface area contributed by atoms with Crippen molar-refractivity contribution in [2.24, 2.45) is 5.92 Å². The molecule has 0 aliphatic carbocycles. The molecule has 0 aliphatic rings. The number of amides is 1. The van der Waals surface area contributed by atoms with Crippen molar-refractivity contribution in [3.05, 3.63) is 17.8 Å². The topological polar surface area (TPSA) is 68.0 Å². The highest BCUT2D eigenvalue weighted by atomic mass is 16.1. The van der Waals surface area contributed by atoms with E-state index in [1.807, 2.05) is 20.8 Å². The molecule has 0 radical (unpaired) electrons. The number of nitrogens with two attached hydrogens (primary N) is 1. The number of pyridine rings is 1. The molecule has 0 saturated heterocycles. The second-order valence-electron chi connectivity index (χ2n) is 3.59. The fourth-order valence-corrected chi connectivity index (χ4v) is 0.957. The third-order valence-electron chi connectivity index (χ3n) is 1.82. The molecule has 0 aliphatic heterocycles. The van der Waals surface area contributed by atoms with Crippen molar-refractivity contribution >= 4 is 17.4 Å². The Morgan fingerprint density at radius 3 is 2.71 bits per heavy atom. The molecule has 0 saturated carbocycles. The molecule has 1 aromatic rings. The monoisotopic (exact) mass is 193 g/mol. The smallest absolute Gasteiger partial charge is 0.228 e. The average Bonchev–Trinajstić information content (AvgIpc) is 2.09. The maximum absolute atomic E-state index is 11.3. The Balaban J connectivity index is 2.82. The summed E-state index contributed by atoms with van der Waals surface area (Å²) < 4.78 is 0. The maximum atomic E-state index is 11.3. The summed E-state index contributed by atoms with van der Waals surface area (Å²) in [6, 6.07) is 1.78. The van der Waals surface area contributed by atoms with Gasteiger partial charge in [0, 0.05) is 12.1 Å². The average molecular weight is 193 g/mol. The number of nitrogens with one attached hydrogen (secondary N) is 1. The molecule has 1 aromatic heterocycles. The maximum Gasteiger partial charge on any atom is 0.228 e. The molecular formula is C10H15N3O. The molecular weight excluding hydrogens is 178 g/mol. The van der Waals surface area contributed by atoms with Crippen molar-refractivity contribution < 1.29 is 4.79 Å². The van der Waals surface area contributed by atoms with E-state index in [4.69, 9.17) is 5.73 Å². The molecule has 4 nitrogen and oxygen atoms in total. The number of carbonyl (C=O) groups excluding carboxylic acids is 1. The van der Waals surface area contributed by atoms with Gasteiger partial charge < -0.3 is 11.1 Å². The molecule has 76 valence electrons. The third kappa shape index (κ3) is 2.45. The summed E-state index contributed by atoms with van der Waals surface area (Å²) in [5, 5.41) is 2.66. The van der Waals surface area contributed by atoms with Crippen molar-refractivity contribution in [1.82, 2.24) is 4.98 Å². The fourth-order valence-electron chi connectivity index (χ4n) is 0.957.